The Hall–Kier alpha value is -2.74. The maximum absolute atomic E-state index is 12.7. The van der Waals surface area contributed by atoms with Crippen LogP contribution >= 0.6 is 0 Å². The third kappa shape index (κ3) is 3.39. The normalized spacial score (nSPS) is 18.4. The topological polar surface area (TPSA) is 77.5 Å². The van der Waals surface area contributed by atoms with Gasteiger partial charge in [0.1, 0.15) is 5.69 Å². The molecular formula is C17H20N6O2. The number of carbonyl (C=O) groups excluding carboxylic acids is 1. The summed E-state index contributed by atoms with van der Waals surface area (Å²) in [5, 5.41) is 0. The van der Waals surface area contributed by atoms with E-state index in [0.717, 1.165) is 17.8 Å². The number of aryl methyl sites for hydroxylation is 1. The maximum atomic E-state index is 12.7. The molecular weight excluding hydrogens is 320 g/mol. The van der Waals surface area contributed by atoms with Gasteiger partial charge in [-0.2, -0.15) is 0 Å². The molecule has 0 saturated carbocycles. The van der Waals surface area contributed by atoms with Gasteiger partial charge in [0, 0.05) is 50.8 Å². The molecule has 0 bridgehead atoms. The summed E-state index contributed by atoms with van der Waals surface area (Å²) in [6.07, 6.45) is 11.5. The fraction of sp³-hybridized carbons (Fsp3) is 0.412. The third-order valence-electron chi connectivity index (χ3n) is 4.38. The van der Waals surface area contributed by atoms with Crippen molar-refractivity contribution < 1.29 is 9.53 Å². The van der Waals surface area contributed by atoms with Gasteiger partial charge in [-0.3, -0.25) is 9.78 Å². The van der Waals surface area contributed by atoms with Crippen molar-refractivity contribution in [3.05, 3.63) is 48.7 Å². The SMILES string of the molecule is Cn1cnc(C(=O)N2CCOC[C@@H](Cc3cn4ccnc4cn3)C2)c1. The molecule has 0 radical (unpaired) electrons. The predicted octanol–water partition coefficient (Wildman–Crippen LogP) is 0.794. The van der Waals surface area contributed by atoms with Crippen molar-refractivity contribution in [2.75, 3.05) is 26.3 Å². The van der Waals surface area contributed by atoms with Crippen LogP contribution in [-0.2, 0) is 18.2 Å². The number of carbonyl (C=O) groups is 1. The van der Waals surface area contributed by atoms with E-state index in [0.29, 0.717) is 32.0 Å². The van der Waals surface area contributed by atoms with Crippen LogP contribution in [0.3, 0.4) is 0 Å². The standard InChI is InChI=1S/C17H20N6O2/c1-21-10-15(20-12-21)17(24)23-4-5-25-11-13(8-23)6-14-9-22-3-2-18-16(22)7-19-14/h2-3,7,9-10,12-13H,4-6,8,11H2,1H3/t13-/m0/s1. The highest BCUT2D eigenvalue weighted by atomic mass is 16.5. The van der Waals surface area contributed by atoms with Crippen LogP contribution in [-0.4, -0.2) is 61.0 Å². The molecule has 1 aliphatic rings. The minimum atomic E-state index is -0.0471. The van der Waals surface area contributed by atoms with Crippen LogP contribution in [0.15, 0.2) is 37.3 Å². The zero-order chi connectivity index (χ0) is 17.2. The summed E-state index contributed by atoms with van der Waals surface area (Å²) in [5.74, 6) is 0.151. The van der Waals surface area contributed by atoms with Crippen LogP contribution in [0.2, 0.25) is 0 Å². The molecule has 1 amide bonds. The molecule has 8 heteroatoms. The van der Waals surface area contributed by atoms with Gasteiger partial charge < -0.3 is 18.6 Å². The molecule has 1 aliphatic heterocycles. The Bertz CT molecular complexity index is 886. The Kier molecular flexibility index (Phi) is 4.19. The summed E-state index contributed by atoms with van der Waals surface area (Å²) in [6, 6.07) is 0. The quantitative estimate of drug-likeness (QED) is 0.705. The number of aromatic nitrogens is 5. The van der Waals surface area contributed by atoms with Crippen molar-refractivity contribution in [3.63, 3.8) is 0 Å². The second-order valence-electron chi connectivity index (χ2n) is 6.39. The average molecular weight is 340 g/mol. The Morgan fingerprint density at radius 2 is 2.24 bits per heavy atom. The number of hydrogen-bond donors (Lipinski definition) is 0. The molecule has 0 aromatic carbocycles. The molecule has 1 saturated heterocycles. The van der Waals surface area contributed by atoms with E-state index in [2.05, 4.69) is 15.0 Å². The van der Waals surface area contributed by atoms with Crippen LogP contribution in [0, 0.1) is 5.92 Å². The van der Waals surface area contributed by atoms with Crippen molar-refractivity contribution >= 4 is 11.6 Å². The summed E-state index contributed by atoms with van der Waals surface area (Å²) in [6.45, 7) is 2.39. The molecule has 3 aromatic rings. The molecule has 3 aromatic heterocycles. The lowest BCUT2D eigenvalue weighted by Gasteiger charge is -2.22. The maximum Gasteiger partial charge on any atom is 0.274 e. The molecule has 130 valence electrons. The Labute approximate surface area is 145 Å². The summed E-state index contributed by atoms with van der Waals surface area (Å²) < 4.78 is 9.44. The molecule has 0 N–H and O–H groups in total. The summed E-state index contributed by atoms with van der Waals surface area (Å²) >= 11 is 0. The Balaban J connectivity index is 1.48. The zero-order valence-electron chi connectivity index (χ0n) is 14.1. The molecule has 4 rings (SSSR count). The van der Waals surface area contributed by atoms with E-state index >= 15 is 0 Å². The van der Waals surface area contributed by atoms with E-state index in [4.69, 9.17) is 4.74 Å². The number of hydrogen-bond acceptors (Lipinski definition) is 5. The summed E-state index contributed by atoms with van der Waals surface area (Å²) in [7, 11) is 1.86. The lowest BCUT2D eigenvalue weighted by molar-refractivity contribution is 0.0732. The molecule has 0 spiro atoms. The van der Waals surface area contributed by atoms with Gasteiger partial charge in [-0.15, -0.1) is 0 Å². The number of fused-ring (bicyclic) bond motifs is 1. The van der Waals surface area contributed by atoms with Crippen molar-refractivity contribution in [2.45, 2.75) is 6.42 Å². The lowest BCUT2D eigenvalue weighted by atomic mass is 10.0. The van der Waals surface area contributed by atoms with Gasteiger partial charge >= 0.3 is 0 Å². The number of imidazole rings is 2. The fourth-order valence-electron chi connectivity index (χ4n) is 3.14. The first-order chi connectivity index (χ1) is 12.2. The minimum Gasteiger partial charge on any atom is -0.379 e. The van der Waals surface area contributed by atoms with Crippen molar-refractivity contribution in [1.82, 2.24) is 28.8 Å². The molecule has 0 aliphatic carbocycles. The molecule has 8 nitrogen and oxygen atoms in total. The van der Waals surface area contributed by atoms with Gasteiger partial charge in [0.15, 0.2) is 5.65 Å². The minimum absolute atomic E-state index is 0.0471. The van der Waals surface area contributed by atoms with Gasteiger partial charge in [0.2, 0.25) is 0 Å². The first kappa shape index (κ1) is 15.8. The number of ether oxygens (including phenoxy) is 1. The highest BCUT2D eigenvalue weighted by Crippen LogP contribution is 2.15. The van der Waals surface area contributed by atoms with E-state index in [1.165, 1.54) is 0 Å². The first-order valence-electron chi connectivity index (χ1n) is 8.31. The summed E-state index contributed by atoms with van der Waals surface area (Å²) in [4.78, 5) is 27.4. The largest absolute Gasteiger partial charge is 0.379 e. The first-order valence-corrected chi connectivity index (χ1v) is 8.31. The van der Waals surface area contributed by atoms with Crippen LogP contribution in [0.5, 0.6) is 0 Å². The van der Waals surface area contributed by atoms with Gasteiger partial charge in [-0.25, -0.2) is 9.97 Å². The predicted molar refractivity (Wildman–Crippen MR) is 90.1 cm³/mol. The average Bonchev–Trinajstić information content (AvgIpc) is 3.18. The number of nitrogens with zero attached hydrogens (tertiary/aromatic N) is 6. The van der Waals surface area contributed by atoms with E-state index in [1.54, 1.807) is 29.5 Å². The van der Waals surface area contributed by atoms with Gasteiger partial charge in [-0.1, -0.05) is 0 Å². The van der Waals surface area contributed by atoms with E-state index in [-0.39, 0.29) is 11.8 Å². The molecule has 25 heavy (non-hydrogen) atoms. The smallest absolute Gasteiger partial charge is 0.274 e. The van der Waals surface area contributed by atoms with Crippen molar-refractivity contribution in [3.8, 4) is 0 Å². The third-order valence-corrected chi connectivity index (χ3v) is 4.38. The van der Waals surface area contributed by atoms with Crippen LogP contribution in [0.4, 0.5) is 0 Å². The molecule has 0 unspecified atom stereocenters. The highest BCUT2D eigenvalue weighted by molar-refractivity contribution is 5.92. The van der Waals surface area contributed by atoms with Gasteiger partial charge in [0.05, 0.1) is 31.4 Å². The van der Waals surface area contributed by atoms with E-state index < -0.39 is 0 Å². The number of amides is 1. The molecule has 1 fully saturated rings. The Morgan fingerprint density at radius 3 is 3.08 bits per heavy atom. The summed E-state index contributed by atoms with van der Waals surface area (Å²) in [5.41, 5.74) is 2.26. The second kappa shape index (κ2) is 6.64. The Morgan fingerprint density at radius 1 is 1.32 bits per heavy atom. The van der Waals surface area contributed by atoms with Crippen molar-refractivity contribution in [1.29, 1.82) is 0 Å². The van der Waals surface area contributed by atoms with Gasteiger partial charge in [-0.05, 0) is 6.42 Å². The monoisotopic (exact) mass is 340 g/mol. The van der Waals surface area contributed by atoms with Crippen molar-refractivity contribution in [2.24, 2.45) is 13.0 Å². The molecule has 1 atom stereocenters. The highest BCUT2D eigenvalue weighted by Gasteiger charge is 2.25. The van der Waals surface area contributed by atoms with Crippen LogP contribution in [0.1, 0.15) is 16.2 Å². The molecule has 4 heterocycles. The van der Waals surface area contributed by atoms with Crippen LogP contribution < -0.4 is 0 Å². The van der Waals surface area contributed by atoms with E-state index in [9.17, 15) is 4.79 Å². The second-order valence-corrected chi connectivity index (χ2v) is 6.39. The van der Waals surface area contributed by atoms with Crippen LogP contribution in [0.25, 0.3) is 5.65 Å². The number of rotatable bonds is 3. The fourth-order valence-corrected chi connectivity index (χ4v) is 3.14. The van der Waals surface area contributed by atoms with Gasteiger partial charge in [0.25, 0.3) is 5.91 Å². The zero-order valence-corrected chi connectivity index (χ0v) is 14.1. The van der Waals surface area contributed by atoms with E-state index in [1.807, 2.05) is 28.7 Å². The lowest BCUT2D eigenvalue weighted by Crippen LogP contribution is -2.36.